The summed E-state index contributed by atoms with van der Waals surface area (Å²) in [6.07, 6.45) is 3.29. The maximum absolute atomic E-state index is 12.1. The largest absolute Gasteiger partial charge is 0.317 e. The highest BCUT2D eigenvalue weighted by atomic mass is 79.9. The average molecular weight is 387 g/mol. The topological polar surface area (TPSA) is 34.4 Å². The zero-order valence-electron chi connectivity index (χ0n) is 12.6. The molecule has 0 saturated carbocycles. The van der Waals surface area contributed by atoms with Gasteiger partial charge in [-0.3, -0.25) is 4.79 Å². The first-order valence-corrected chi connectivity index (χ1v) is 8.89. The van der Waals surface area contributed by atoms with Crippen molar-refractivity contribution in [1.82, 2.24) is 4.57 Å². The van der Waals surface area contributed by atoms with Crippen molar-refractivity contribution < 1.29 is 4.79 Å². The minimum absolute atomic E-state index is 0.248. The van der Waals surface area contributed by atoms with Gasteiger partial charge in [-0.15, -0.1) is 0 Å². The van der Waals surface area contributed by atoms with E-state index in [4.69, 9.17) is 0 Å². The Labute approximate surface area is 146 Å². The second-order valence-electron chi connectivity index (χ2n) is 4.93. The second-order valence-corrected chi connectivity index (χ2v) is 6.86. The van der Waals surface area contributed by atoms with Gasteiger partial charge in [-0.1, -0.05) is 57.6 Å². The van der Waals surface area contributed by atoms with Crippen molar-refractivity contribution in [2.24, 2.45) is 4.99 Å². The van der Waals surface area contributed by atoms with Crippen LogP contribution in [-0.4, -0.2) is 10.5 Å². The van der Waals surface area contributed by atoms with E-state index < -0.39 is 0 Å². The molecule has 1 amide bonds. The van der Waals surface area contributed by atoms with Crippen LogP contribution in [-0.2, 0) is 11.3 Å². The van der Waals surface area contributed by atoms with Crippen LogP contribution in [0.2, 0.25) is 0 Å². The summed E-state index contributed by atoms with van der Waals surface area (Å²) in [5, 5.41) is 0. The molecule has 5 heteroatoms. The average Bonchev–Trinajstić information content (AvgIpc) is 2.89. The van der Waals surface area contributed by atoms with Gasteiger partial charge in [0, 0.05) is 17.1 Å². The molecule has 0 bridgehead atoms. The molecular formula is C18H15BrN2OS. The number of hydrogen-bond acceptors (Lipinski definition) is 2. The SMILES string of the molecule is CCn1c(=NC(=O)C=Cc2ccccc2)sc2cc(Br)ccc21. The summed E-state index contributed by atoms with van der Waals surface area (Å²) in [7, 11) is 0. The molecule has 0 unspecified atom stereocenters. The monoisotopic (exact) mass is 386 g/mol. The normalized spacial score (nSPS) is 12.3. The Morgan fingerprint density at radius 2 is 2.04 bits per heavy atom. The van der Waals surface area contributed by atoms with E-state index in [-0.39, 0.29) is 5.91 Å². The smallest absolute Gasteiger partial charge is 0.272 e. The van der Waals surface area contributed by atoms with Gasteiger partial charge in [0.05, 0.1) is 10.2 Å². The summed E-state index contributed by atoms with van der Waals surface area (Å²) >= 11 is 5.00. The van der Waals surface area contributed by atoms with E-state index in [2.05, 4.69) is 38.5 Å². The van der Waals surface area contributed by atoms with Crippen LogP contribution < -0.4 is 4.80 Å². The lowest BCUT2D eigenvalue weighted by Crippen LogP contribution is -2.15. The fraction of sp³-hybridized carbons (Fsp3) is 0.111. The van der Waals surface area contributed by atoms with Gasteiger partial charge in [0.25, 0.3) is 5.91 Å². The van der Waals surface area contributed by atoms with Gasteiger partial charge >= 0.3 is 0 Å². The Hall–Kier alpha value is -1.98. The van der Waals surface area contributed by atoms with E-state index in [1.54, 1.807) is 6.08 Å². The summed E-state index contributed by atoms with van der Waals surface area (Å²) in [5.74, 6) is -0.248. The summed E-state index contributed by atoms with van der Waals surface area (Å²) in [5.41, 5.74) is 2.08. The van der Waals surface area contributed by atoms with Crippen LogP contribution in [0.5, 0.6) is 0 Å². The minimum atomic E-state index is -0.248. The van der Waals surface area contributed by atoms with Crippen molar-refractivity contribution in [3.8, 4) is 0 Å². The molecule has 0 aliphatic rings. The Morgan fingerprint density at radius 1 is 1.26 bits per heavy atom. The van der Waals surface area contributed by atoms with Gasteiger partial charge in [-0.2, -0.15) is 4.99 Å². The molecule has 3 aromatic rings. The van der Waals surface area contributed by atoms with E-state index in [0.717, 1.165) is 31.6 Å². The van der Waals surface area contributed by atoms with Crippen molar-refractivity contribution in [1.29, 1.82) is 0 Å². The number of carbonyl (C=O) groups is 1. The fourth-order valence-corrected chi connectivity index (χ4v) is 3.95. The first-order valence-electron chi connectivity index (χ1n) is 7.28. The molecule has 3 rings (SSSR count). The molecule has 2 aromatic carbocycles. The van der Waals surface area contributed by atoms with Gasteiger partial charge in [-0.05, 0) is 36.8 Å². The molecule has 1 aromatic heterocycles. The van der Waals surface area contributed by atoms with Crippen LogP contribution in [0.4, 0.5) is 0 Å². The predicted molar refractivity (Wildman–Crippen MR) is 99.2 cm³/mol. The Kier molecular flexibility index (Phi) is 4.88. The number of nitrogens with zero attached hydrogens (tertiary/aromatic N) is 2. The second kappa shape index (κ2) is 7.06. The molecule has 3 nitrogen and oxygen atoms in total. The number of benzene rings is 2. The van der Waals surface area contributed by atoms with Crippen molar-refractivity contribution in [3.63, 3.8) is 0 Å². The van der Waals surface area contributed by atoms with Gasteiger partial charge in [-0.25, -0.2) is 0 Å². The summed E-state index contributed by atoms with van der Waals surface area (Å²) in [6, 6.07) is 15.8. The van der Waals surface area contributed by atoms with Crippen LogP contribution in [0, 0.1) is 0 Å². The number of hydrogen-bond donors (Lipinski definition) is 0. The molecule has 0 N–H and O–H groups in total. The third-order valence-corrected chi connectivity index (χ3v) is 4.92. The zero-order chi connectivity index (χ0) is 16.2. The molecule has 0 spiro atoms. The number of aromatic nitrogens is 1. The first kappa shape index (κ1) is 15.9. The lowest BCUT2D eigenvalue weighted by atomic mass is 10.2. The number of carbonyl (C=O) groups excluding carboxylic acids is 1. The van der Waals surface area contributed by atoms with E-state index >= 15 is 0 Å². The number of rotatable bonds is 3. The molecular weight excluding hydrogens is 372 g/mol. The number of aryl methyl sites for hydroxylation is 1. The summed E-state index contributed by atoms with van der Waals surface area (Å²) < 4.78 is 4.19. The van der Waals surface area contributed by atoms with E-state index in [0.29, 0.717) is 0 Å². The molecule has 1 heterocycles. The van der Waals surface area contributed by atoms with Gasteiger partial charge in [0.2, 0.25) is 0 Å². The third-order valence-electron chi connectivity index (χ3n) is 3.38. The van der Waals surface area contributed by atoms with Crippen LogP contribution in [0.25, 0.3) is 16.3 Å². The molecule has 0 fully saturated rings. The molecule has 116 valence electrons. The Morgan fingerprint density at radius 3 is 2.78 bits per heavy atom. The van der Waals surface area contributed by atoms with Gasteiger partial charge < -0.3 is 4.57 Å². The molecule has 0 saturated heterocycles. The van der Waals surface area contributed by atoms with Crippen LogP contribution >= 0.6 is 27.3 Å². The van der Waals surface area contributed by atoms with E-state index in [9.17, 15) is 4.79 Å². The van der Waals surface area contributed by atoms with Crippen LogP contribution in [0.1, 0.15) is 12.5 Å². The Bertz CT molecular complexity index is 939. The van der Waals surface area contributed by atoms with Crippen molar-refractivity contribution in [2.75, 3.05) is 0 Å². The van der Waals surface area contributed by atoms with Crippen molar-refractivity contribution in [2.45, 2.75) is 13.5 Å². The minimum Gasteiger partial charge on any atom is -0.317 e. The van der Waals surface area contributed by atoms with Gasteiger partial charge in [0.1, 0.15) is 0 Å². The number of thiazole rings is 1. The maximum Gasteiger partial charge on any atom is 0.272 e. The lowest BCUT2D eigenvalue weighted by Gasteiger charge is -1.99. The highest BCUT2D eigenvalue weighted by Gasteiger charge is 2.06. The molecule has 0 radical (unpaired) electrons. The quantitative estimate of drug-likeness (QED) is 0.604. The molecule has 23 heavy (non-hydrogen) atoms. The number of amides is 1. The predicted octanol–water partition coefficient (Wildman–Crippen LogP) is 4.63. The van der Waals surface area contributed by atoms with Crippen molar-refractivity contribution >= 4 is 49.5 Å². The fourth-order valence-electron chi connectivity index (χ4n) is 2.30. The standard InChI is InChI=1S/C18H15BrN2OS/c1-2-21-15-10-9-14(19)12-16(15)23-18(21)20-17(22)11-8-13-6-4-3-5-7-13/h3-12H,2H2,1H3. The maximum atomic E-state index is 12.1. The first-order chi connectivity index (χ1) is 11.2. The zero-order valence-corrected chi connectivity index (χ0v) is 15.0. The van der Waals surface area contributed by atoms with E-state index in [1.165, 1.54) is 17.4 Å². The van der Waals surface area contributed by atoms with Gasteiger partial charge in [0.15, 0.2) is 4.80 Å². The summed E-state index contributed by atoms with van der Waals surface area (Å²) in [4.78, 5) is 17.1. The molecule has 0 aliphatic carbocycles. The highest BCUT2D eigenvalue weighted by molar-refractivity contribution is 9.10. The van der Waals surface area contributed by atoms with Crippen molar-refractivity contribution in [3.05, 3.63) is 69.4 Å². The van der Waals surface area contributed by atoms with Crippen LogP contribution in [0.3, 0.4) is 0 Å². The number of halogens is 1. The lowest BCUT2D eigenvalue weighted by molar-refractivity contribution is -0.113. The third kappa shape index (κ3) is 3.68. The van der Waals surface area contributed by atoms with Crippen LogP contribution in [0.15, 0.2) is 64.1 Å². The highest BCUT2D eigenvalue weighted by Crippen LogP contribution is 2.22. The molecule has 0 atom stereocenters. The summed E-state index contributed by atoms with van der Waals surface area (Å²) in [6.45, 7) is 2.83. The Balaban J connectivity index is 1.97. The van der Waals surface area contributed by atoms with E-state index in [1.807, 2.05) is 42.5 Å². The molecule has 0 aliphatic heterocycles. The number of fused-ring (bicyclic) bond motifs is 1.